The molecule has 1 heterocycles. The quantitative estimate of drug-likeness (QED) is 0.477. The number of carboxylic acid groups (broad SMARTS) is 1. The maximum atomic E-state index is 13.0. The first-order valence-corrected chi connectivity index (χ1v) is 7.84. The number of rotatable bonds is 4. The smallest absolute Gasteiger partial charge is 1.00 e. The van der Waals surface area contributed by atoms with Gasteiger partial charge in [0.15, 0.2) is 17.3 Å². The number of ketones is 1. The predicted octanol–water partition coefficient (Wildman–Crippen LogP) is -0.223. The Morgan fingerprint density at radius 2 is 1.74 bits per heavy atom. The van der Waals surface area contributed by atoms with Crippen LogP contribution in [0, 0.1) is 0 Å². The summed E-state index contributed by atoms with van der Waals surface area (Å²) >= 11 is 0. The molecular weight excluding hydrogens is 361 g/mol. The number of hydrogen-bond donors (Lipinski definition) is 2. The van der Waals surface area contributed by atoms with Crippen LogP contribution in [0.2, 0.25) is 0 Å². The van der Waals surface area contributed by atoms with Crippen LogP contribution < -0.4 is 39.0 Å². The van der Waals surface area contributed by atoms with E-state index in [2.05, 4.69) is 0 Å². The molecule has 2 N–H and O–H groups in total. The van der Waals surface area contributed by atoms with Gasteiger partial charge in [-0.1, -0.05) is 0 Å². The number of methoxy groups -OCH3 is 2. The zero-order valence-electron chi connectivity index (χ0n) is 16.1. The van der Waals surface area contributed by atoms with Crippen molar-refractivity contribution in [3.63, 3.8) is 0 Å². The molecular formula is C19H16NNaO6. The van der Waals surface area contributed by atoms with Gasteiger partial charge in [-0.15, -0.1) is 0 Å². The topological polar surface area (TPSA) is 98.0 Å². The molecule has 27 heavy (non-hydrogen) atoms. The Kier molecular flexibility index (Phi) is 4.94. The average Bonchev–Trinajstić information content (AvgIpc) is 3.07. The molecule has 1 aromatic heterocycles. The number of benzene rings is 2. The molecule has 8 heteroatoms. The Morgan fingerprint density at radius 3 is 2.33 bits per heavy atom. The summed E-state index contributed by atoms with van der Waals surface area (Å²) in [5.74, 6) is -0.398. The third-order valence-electron chi connectivity index (χ3n) is 4.59. The summed E-state index contributed by atoms with van der Waals surface area (Å²) in [7, 11) is 2.97. The molecule has 1 aliphatic rings. The standard InChI is InChI=1S/C19H15NO6.Na.H/c1-25-14-6-10-11(7-15(14)26-2)19(24)17-12-5-9(21)3-4-13(12)20(18(10)17)8-16(22)23;;/h3-7,21H,8H2,1-2H3,(H,22,23);;/q;+1;-1. The number of nitrogens with zero attached hydrogens (tertiary/aromatic N) is 1. The van der Waals surface area contributed by atoms with E-state index < -0.39 is 5.97 Å². The summed E-state index contributed by atoms with van der Waals surface area (Å²) in [6, 6.07) is 7.82. The minimum atomic E-state index is -1.03. The number of hydrogen-bond acceptors (Lipinski definition) is 5. The monoisotopic (exact) mass is 377 g/mol. The molecule has 0 fully saturated rings. The molecule has 0 saturated carbocycles. The summed E-state index contributed by atoms with van der Waals surface area (Å²) in [6.07, 6.45) is 0. The van der Waals surface area contributed by atoms with E-state index in [4.69, 9.17) is 9.47 Å². The molecule has 0 bridgehead atoms. The molecule has 3 aromatic rings. The molecule has 0 saturated heterocycles. The minimum Gasteiger partial charge on any atom is -1.00 e. The van der Waals surface area contributed by atoms with E-state index in [0.29, 0.717) is 44.8 Å². The first-order chi connectivity index (χ1) is 12.5. The molecule has 7 nitrogen and oxygen atoms in total. The van der Waals surface area contributed by atoms with Crippen molar-refractivity contribution < 1.29 is 60.3 Å². The van der Waals surface area contributed by atoms with Gasteiger partial charge in [0.25, 0.3) is 0 Å². The van der Waals surface area contributed by atoms with Crippen molar-refractivity contribution in [2.45, 2.75) is 6.54 Å². The van der Waals surface area contributed by atoms with Gasteiger partial charge in [0, 0.05) is 16.5 Å². The van der Waals surface area contributed by atoms with Crippen molar-refractivity contribution in [3.05, 3.63) is 41.5 Å². The number of aromatic hydroxyl groups is 1. The van der Waals surface area contributed by atoms with E-state index in [0.717, 1.165) is 0 Å². The van der Waals surface area contributed by atoms with Gasteiger partial charge >= 0.3 is 35.5 Å². The van der Waals surface area contributed by atoms with Gasteiger partial charge in [-0.3, -0.25) is 9.59 Å². The van der Waals surface area contributed by atoms with Gasteiger partial charge < -0.3 is 25.7 Å². The Bertz CT molecular complexity index is 1110. The zero-order chi connectivity index (χ0) is 18.6. The van der Waals surface area contributed by atoms with E-state index in [1.165, 1.54) is 26.4 Å². The van der Waals surface area contributed by atoms with Gasteiger partial charge in [-0.2, -0.15) is 0 Å². The van der Waals surface area contributed by atoms with Crippen LogP contribution in [0.4, 0.5) is 0 Å². The Balaban J connectivity index is 0.00000140. The predicted molar refractivity (Wildman–Crippen MR) is 94.3 cm³/mol. The molecule has 0 atom stereocenters. The van der Waals surface area contributed by atoms with Crippen molar-refractivity contribution in [2.75, 3.05) is 14.2 Å². The average molecular weight is 377 g/mol. The second-order valence-corrected chi connectivity index (χ2v) is 5.99. The number of phenols is 1. The first kappa shape index (κ1) is 19.3. The number of carboxylic acids is 1. The number of ether oxygens (including phenoxy) is 2. The van der Waals surface area contributed by atoms with Crippen molar-refractivity contribution >= 4 is 22.7 Å². The second-order valence-electron chi connectivity index (χ2n) is 5.99. The van der Waals surface area contributed by atoms with E-state index in [1.807, 2.05) is 0 Å². The molecule has 0 spiro atoms. The van der Waals surface area contributed by atoms with E-state index in [1.54, 1.807) is 22.8 Å². The fraction of sp³-hybridized carbons (Fsp3) is 0.158. The third kappa shape index (κ3) is 2.79. The summed E-state index contributed by atoms with van der Waals surface area (Å²) in [6.45, 7) is -0.308. The van der Waals surface area contributed by atoms with Crippen LogP contribution in [0.5, 0.6) is 17.2 Å². The molecule has 4 rings (SSSR count). The summed E-state index contributed by atoms with van der Waals surface area (Å²) in [4.78, 5) is 24.4. The summed E-state index contributed by atoms with van der Waals surface area (Å²) < 4.78 is 12.2. The van der Waals surface area contributed by atoms with Gasteiger partial charge in [0.1, 0.15) is 12.3 Å². The van der Waals surface area contributed by atoms with Gasteiger partial charge in [0.05, 0.1) is 31.0 Å². The Labute approximate surface area is 177 Å². The maximum absolute atomic E-state index is 13.0. The van der Waals surface area contributed by atoms with Crippen LogP contribution in [0.3, 0.4) is 0 Å². The second kappa shape index (κ2) is 6.92. The SMILES string of the molecule is COc1cc2c(cc1OC)-c1c(c3cc(O)ccc3n1CC(=O)O)C2=O.[H-].[Na+]. The largest absolute Gasteiger partial charge is 1.00 e. The van der Waals surface area contributed by atoms with Crippen LogP contribution in [-0.4, -0.2) is 40.8 Å². The van der Waals surface area contributed by atoms with E-state index >= 15 is 0 Å². The number of aliphatic carboxylic acids is 1. The number of phenolic OH excluding ortho intramolecular Hbond substituents is 1. The van der Waals surface area contributed by atoms with Crippen molar-refractivity contribution in [1.29, 1.82) is 0 Å². The molecule has 0 amide bonds. The third-order valence-corrected chi connectivity index (χ3v) is 4.59. The van der Waals surface area contributed by atoms with Gasteiger partial charge in [0.2, 0.25) is 0 Å². The van der Waals surface area contributed by atoms with Crippen molar-refractivity contribution in [1.82, 2.24) is 4.57 Å². The summed E-state index contributed by atoms with van der Waals surface area (Å²) in [5.41, 5.74) is 2.46. The number of fused-ring (bicyclic) bond motifs is 5. The van der Waals surface area contributed by atoms with Gasteiger partial charge in [-0.05, 0) is 30.3 Å². The Hall–Kier alpha value is -2.48. The fourth-order valence-electron chi connectivity index (χ4n) is 3.55. The van der Waals surface area contributed by atoms with Crippen LogP contribution in [0.25, 0.3) is 22.2 Å². The van der Waals surface area contributed by atoms with Crippen molar-refractivity contribution in [2.24, 2.45) is 0 Å². The van der Waals surface area contributed by atoms with Crippen LogP contribution in [0.15, 0.2) is 30.3 Å². The normalized spacial score (nSPS) is 11.7. The first-order valence-electron chi connectivity index (χ1n) is 7.84. The zero-order valence-corrected chi connectivity index (χ0v) is 17.1. The van der Waals surface area contributed by atoms with Crippen molar-refractivity contribution in [3.8, 4) is 28.5 Å². The fourth-order valence-corrected chi connectivity index (χ4v) is 3.55. The molecule has 0 radical (unpaired) electrons. The number of carbonyl (C=O) groups is 2. The molecule has 0 unspecified atom stereocenters. The number of carbonyl (C=O) groups excluding carboxylic acids is 1. The van der Waals surface area contributed by atoms with E-state index in [-0.39, 0.29) is 49.1 Å². The molecule has 2 aromatic carbocycles. The number of aromatic nitrogens is 1. The molecule has 134 valence electrons. The van der Waals surface area contributed by atoms with Crippen LogP contribution >= 0.6 is 0 Å². The minimum absolute atomic E-state index is 0. The Morgan fingerprint density at radius 1 is 1.11 bits per heavy atom. The molecule has 0 aliphatic heterocycles. The van der Waals surface area contributed by atoms with Gasteiger partial charge in [-0.25, -0.2) is 0 Å². The van der Waals surface area contributed by atoms with Crippen LogP contribution in [-0.2, 0) is 11.3 Å². The molecule has 1 aliphatic carbocycles. The van der Waals surface area contributed by atoms with Crippen LogP contribution in [0.1, 0.15) is 17.3 Å². The maximum Gasteiger partial charge on any atom is 1.00 e. The summed E-state index contributed by atoms with van der Waals surface area (Å²) in [5, 5.41) is 19.7. The van der Waals surface area contributed by atoms with E-state index in [9.17, 15) is 19.8 Å².